The van der Waals surface area contributed by atoms with Gasteiger partial charge in [-0.2, -0.15) is 13.2 Å². The minimum atomic E-state index is -4.39. The number of amides is 2. The first-order valence-corrected chi connectivity index (χ1v) is 6.07. The summed E-state index contributed by atoms with van der Waals surface area (Å²) in [6.07, 6.45) is -3.56. The monoisotopic (exact) mass is 272 g/mol. The molecule has 1 aliphatic heterocycles. The summed E-state index contributed by atoms with van der Waals surface area (Å²) in [6, 6.07) is 6.60. The van der Waals surface area contributed by atoms with Crippen molar-refractivity contribution in [1.82, 2.24) is 5.32 Å². The molecule has 2 amide bonds. The Kier molecular flexibility index (Phi) is 3.68. The molecule has 1 heterocycles. The van der Waals surface area contributed by atoms with E-state index in [1.807, 2.05) is 24.4 Å². The van der Waals surface area contributed by atoms with Crippen LogP contribution in [0.1, 0.15) is 12.5 Å². The average molecular weight is 272 g/mol. The molecule has 0 aromatic heterocycles. The molecule has 0 saturated carbocycles. The van der Waals surface area contributed by atoms with E-state index in [1.54, 1.807) is 12.1 Å². The number of fused-ring (bicyclic) bond motifs is 1. The molecule has 6 heteroatoms. The lowest BCUT2D eigenvalue weighted by Crippen LogP contribution is -2.47. The van der Waals surface area contributed by atoms with E-state index in [-0.39, 0.29) is 5.92 Å². The number of halogens is 3. The van der Waals surface area contributed by atoms with Crippen molar-refractivity contribution in [2.24, 2.45) is 5.92 Å². The number of benzene rings is 1. The Labute approximate surface area is 109 Å². The number of hydrogen-bond acceptors (Lipinski definition) is 1. The normalized spacial score (nSPS) is 18.9. The van der Waals surface area contributed by atoms with E-state index in [0.717, 1.165) is 12.0 Å². The van der Waals surface area contributed by atoms with Crippen LogP contribution >= 0.6 is 0 Å². The molecule has 0 bridgehead atoms. The van der Waals surface area contributed by atoms with Gasteiger partial charge in [0, 0.05) is 12.2 Å². The first kappa shape index (κ1) is 13.7. The number of carbonyl (C=O) groups excluding carboxylic acids is 1. The average Bonchev–Trinajstić information content (AvgIpc) is 2.34. The Morgan fingerprint density at radius 1 is 1.42 bits per heavy atom. The predicted molar refractivity (Wildman–Crippen MR) is 66.1 cm³/mol. The molecule has 3 nitrogen and oxygen atoms in total. The Balaban J connectivity index is 2.14. The molecule has 0 aliphatic carbocycles. The maximum absolute atomic E-state index is 12.1. The minimum absolute atomic E-state index is 0.228. The number of nitrogens with zero attached hydrogens (tertiary/aromatic N) is 1. The number of para-hydroxylation sites is 1. The van der Waals surface area contributed by atoms with Gasteiger partial charge in [0.25, 0.3) is 0 Å². The van der Waals surface area contributed by atoms with Crippen LogP contribution in [0, 0.1) is 5.92 Å². The van der Waals surface area contributed by atoms with E-state index < -0.39 is 18.8 Å². The number of rotatable bonds is 1. The Morgan fingerprint density at radius 2 is 2.11 bits per heavy atom. The van der Waals surface area contributed by atoms with Crippen molar-refractivity contribution in [1.29, 1.82) is 0 Å². The van der Waals surface area contributed by atoms with Gasteiger partial charge in [0.2, 0.25) is 0 Å². The van der Waals surface area contributed by atoms with Gasteiger partial charge in [-0.1, -0.05) is 25.1 Å². The quantitative estimate of drug-likeness (QED) is 0.837. The summed E-state index contributed by atoms with van der Waals surface area (Å²) in [5.74, 6) is 0.228. The molecule has 1 N–H and O–H groups in total. The molecule has 1 aromatic carbocycles. The van der Waals surface area contributed by atoms with Gasteiger partial charge in [-0.25, -0.2) is 4.79 Å². The maximum atomic E-state index is 12.1. The molecule has 0 saturated heterocycles. The van der Waals surface area contributed by atoms with Gasteiger partial charge >= 0.3 is 12.2 Å². The van der Waals surface area contributed by atoms with Gasteiger partial charge in [-0.05, 0) is 24.0 Å². The van der Waals surface area contributed by atoms with Crippen molar-refractivity contribution in [3.05, 3.63) is 29.8 Å². The van der Waals surface area contributed by atoms with Crippen LogP contribution in [0.3, 0.4) is 0 Å². The van der Waals surface area contributed by atoms with Crippen LogP contribution < -0.4 is 10.2 Å². The van der Waals surface area contributed by atoms with Crippen molar-refractivity contribution in [2.75, 3.05) is 18.0 Å². The second-order valence-corrected chi connectivity index (χ2v) is 4.82. The van der Waals surface area contributed by atoms with E-state index in [1.165, 1.54) is 4.90 Å². The first-order chi connectivity index (χ1) is 8.87. The number of urea groups is 1. The van der Waals surface area contributed by atoms with Crippen LogP contribution in [0.5, 0.6) is 0 Å². The van der Waals surface area contributed by atoms with Crippen LogP contribution in [0.2, 0.25) is 0 Å². The summed E-state index contributed by atoms with van der Waals surface area (Å²) < 4.78 is 36.4. The lowest BCUT2D eigenvalue weighted by molar-refractivity contribution is -0.122. The second-order valence-electron chi connectivity index (χ2n) is 4.82. The largest absolute Gasteiger partial charge is 0.405 e. The van der Waals surface area contributed by atoms with Gasteiger partial charge < -0.3 is 5.32 Å². The minimum Gasteiger partial charge on any atom is -0.329 e. The third-order valence-corrected chi connectivity index (χ3v) is 3.03. The molecule has 1 unspecified atom stereocenters. The molecule has 2 rings (SSSR count). The van der Waals surface area contributed by atoms with Crippen molar-refractivity contribution in [3.63, 3.8) is 0 Å². The van der Waals surface area contributed by atoms with Crippen LogP contribution in [-0.2, 0) is 6.42 Å². The van der Waals surface area contributed by atoms with E-state index >= 15 is 0 Å². The van der Waals surface area contributed by atoms with E-state index in [0.29, 0.717) is 12.2 Å². The topological polar surface area (TPSA) is 32.3 Å². The van der Waals surface area contributed by atoms with E-state index in [4.69, 9.17) is 0 Å². The number of carbonyl (C=O) groups is 1. The highest BCUT2D eigenvalue weighted by Gasteiger charge is 2.31. The number of nitrogens with one attached hydrogen (secondary N) is 1. The Morgan fingerprint density at radius 3 is 2.79 bits per heavy atom. The number of anilines is 1. The first-order valence-electron chi connectivity index (χ1n) is 6.07. The highest BCUT2D eigenvalue weighted by molar-refractivity contribution is 5.93. The number of hydrogen-bond donors (Lipinski definition) is 1. The lowest BCUT2D eigenvalue weighted by Gasteiger charge is -2.33. The molecule has 1 atom stereocenters. The molecule has 104 valence electrons. The van der Waals surface area contributed by atoms with E-state index in [9.17, 15) is 18.0 Å². The molecular formula is C13H15F3N2O. The van der Waals surface area contributed by atoms with E-state index in [2.05, 4.69) is 0 Å². The van der Waals surface area contributed by atoms with Crippen molar-refractivity contribution in [3.8, 4) is 0 Å². The third kappa shape index (κ3) is 3.39. The summed E-state index contributed by atoms with van der Waals surface area (Å²) >= 11 is 0. The van der Waals surface area contributed by atoms with Crippen molar-refractivity contribution in [2.45, 2.75) is 19.5 Å². The lowest BCUT2D eigenvalue weighted by atomic mass is 9.94. The fraction of sp³-hybridized carbons (Fsp3) is 0.462. The SMILES string of the molecule is CC1Cc2ccccc2N(C(=O)NCC(F)(F)F)C1. The van der Waals surface area contributed by atoms with Gasteiger partial charge in [0.15, 0.2) is 0 Å². The summed E-state index contributed by atoms with van der Waals surface area (Å²) in [5, 5.41) is 1.92. The Hall–Kier alpha value is -1.72. The summed E-state index contributed by atoms with van der Waals surface area (Å²) in [6.45, 7) is 1.10. The van der Waals surface area contributed by atoms with Crippen LogP contribution in [-0.4, -0.2) is 25.3 Å². The molecule has 1 aliphatic rings. The zero-order valence-corrected chi connectivity index (χ0v) is 10.5. The molecule has 0 radical (unpaired) electrons. The van der Waals surface area contributed by atoms with Gasteiger partial charge in [0.1, 0.15) is 6.54 Å². The number of alkyl halides is 3. The summed E-state index contributed by atoms with van der Waals surface area (Å²) in [5.41, 5.74) is 1.68. The molecule has 1 aromatic rings. The molecular weight excluding hydrogens is 257 g/mol. The maximum Gasteiger partial charge on any atom is 0.405 e. The predicted octanol–water partition coefficient (Wildman–Crippen LogP) is 2.96. The molecule has 0 spiro atoms. The zero-order chi connectivity index (χ0) is 14.0. The van der Waals surface area contributed by atoms with Gasteiger partial charge in [0.05, 0.1) is 0 Å². The van der Waals surface area contributed by atoms with Gasteiger partial charge in [-0.3, -0.25) is 4.90 Å². The summed E-state index contributed by atoms with van der Waals surface area (Å²) in [7, 11) is 0. The third-order valence-electron chi connectivity index (χ3n) is 3.03. The standard InChI is InChI=1S/C13H15F3N2O/c1-9-6-10-4-2-3-5-11(10)18(7-9)12(19)17-8-13(14,15)16/h2-5,9H,6-8H2,1H3,(H,17,19). The highest BCUT2D eigenvalue weighted by Crippen LogP contribution is 2.29. The van der Waals surface area contributed by atoms with Gasteiger partial charge in [-0.15, -0.1) is 0 Å². The zero-order valence-electron chi connectivity index (χ0n) is 10.5. The second kappa shape index (κ2) is 5.11. The Bertz CT molecular complexity index is 473. The fourth-order valence-corrected chi connectivity index (χ4v) is 2.26. The van der Waals surface area contributed by atoms with Crippen LogP contribution in [0.25, 0.3) is 0 Å². The summed E-state index contributed by atoms with van der Waals surface area (Å²) in [4.78, 5) is 13.3. The van der Waals surface area contributed by atoms with Crippen LogP contribution in [0.4, 0.5) is 23.7 Å². The van der Waals surface area contributed by atoms with Crippen molar-refractivity contribution >= 4 is 11.7 Å². The molecule has 0 fully saturated rings. The molecule has 19 heavy (non-hydrogen) atoms. The smallest absolute Gasteiger partial charge is 0.329 e. The van der Waals surface area contributed by atoms with Crippen molar-refractivity contribution < 1.29 is 18.0 Å². The van der Waals surface area contributed by atoms with Crippen LogP contribution in [0.15, 0.2) is 24.3 Å². The highest BCUT2D eigenvalue weighted by atomic mass is 19.4. The fourth-order valence-electron chi connectivity index (χ4n) is 2.26.